The van der Waals surface area contributed by atoms with Crippen LogP contribution in [0.15, 0.2) is 194 Å². The first kappa shape index (κ1) is 38.1. The Bertz CT molecular complexity index is 3060. The zero-order chi connectivity index (χ0) is 41.6. The molecular weight excluding hydrogens is 773 g/mol. The van der Waals surface area contributed by atoms with Crippen LogP contribution in [0.1, 0.15) is 53.9 Å². The molecule has 2 N–H and O–H groups in total. The molecule has 3 aliphatic carbocycles. The van der Waals surface area contributed by atoms with Crippen molar-refractivity contribution in [3.8, 4) is 28.0 Å². The first-order chi connectivity index (χ1) is 30.6. The van der Waals surface area contributed by atoms with Crippen LogP contribution in [0.2, 0.25) is 0 Å². The summed E-state index contributed by atoms with van der Waals surface area (Å²) in [6, 6.07) is 57.1. The van der Waals surface area contributed by atoms with Crippen LogP contribution in [-0.4, -0.2) is 6.04 Å². The smallest absolute Gasteiger partial charge is 0.143 e. The van der Waals surface area contributed by atoms with Gasteiger partial charge in [0.25, 0.3) is 0 Å². The third kappa shape index (κ3) is 7.04. The van der Waals surface area contributed by atoms with Crippen molar-refractivity contribution >= 4 is 60.9 Å². The standard InChI is InChI=1S/C58H48N2OS/c1-38(39-22-24-42(25-23-39)40-12-4-2-5-13-40)61-55-35-32-45-27-29-47(37-52(45)57(55)59)46-28-26-44-16-10-19-53(51(44)36-46)60(48-33-30-43(31-34-48)41-14-6-3-7-15-41)54-20-11-18-50-49-17-8-9-21-56(49)62-58(50)54/h2-8,10-18,20,22-35,37-38,51,53H,9,19,21,36,59H2,1H3. The molecule has 1 heterocycles. The topological polar surface area (TPSA) is 38.5 Å². The minimum atomic E-state index is -0.164. The molecule has 62 heavy (non-hydrogen) atoms. The van der Waals surface area contributed by atoms with Crippen LogP contribution in [0.3, 0.4) is 0 Å². The molecule has 0 bridgehead atoms. The molecule has 0 radical (unpaired) electrons. The summed E-state index contributed by atoms with van der Waals surface area (Å²) in [6.45, 7) is 2.09. The first-order valence-electron chi connectivity index (χ1n) is 21.9. The van der Waals surface area contributed by atoms with Gasteiger partial charge in [-0.05, 0) is 118 Å². The molecule has 3 nitrogen and oxygen atoms in total. The molecule has 0 saturated heterocycles. The van der Waals surface area contributed by atoms with Crippen LogP contribution in [0, 0.1) is 5.92 Å². The Hall–Kier alpha value is -6.88. The molecule has 0 amide bonds. The summed E-state index contributed by atoms with van der Waals surface area (Å²) in [5, 5.41) is 3.49. The highest BCUT2D eigenvalue weighted by Gasteiger charge is 2.35. The largest absolute Gasteiger partial charge is 0.484 e. The molecule has 1 aromatic heterocycles. The second kappa shape index (κ2) is 16.2. The van der Waals surface area contributed by atoms with Gasteiger partial charge in [-0.2, -0.15) is 0 Å². The molecule has 11 rings (SSSR count). The van der Waals surface area contributed by atoms with Crippen molar-refractivity contribution in [1.29, 1.82) is 0 Å². The van der Waals surface area contributed by atoms with Gasteiger partial charge < -0.3 is 15.4 Å². The second-order valence-corrected chi connectivity index (χ2v) is 18.0. The maximum atomic E-state index is 6.99. The van der Waals surface area contributed by atoms with E-state index < -0.39 is 0 Å². The van der Waals surface area contributed by atoms with E-state index in [1.165, 1.54) is 70.9 Å². The molecule has 302 valence electrons. The summed E-state index contributed by atoms with van der Waals surface area (Å²) >= 11 is 1.99. The monoisotopic (exact) mass is 820 g/mol. The Morgan fingerprint density at radius 1 is 0.661 bits per heavy atom. The number of nitrogens with zero attached hydrogens (tertiary/aromatic N) is 1. The van der Waals surface area contributed by atoms with Crippen LogP contribution < -0.4 is 15.4 Å². The summed E-state index contributed by atoms with van der Waals surface area (Å²) in [5.41, 5.74) is 21.5. The van der Waals surface area contributed by atoms with Gasteiger partial charge >= 0.3 is 0 Å². The highest BCUT2D eigenvalue weighted by molar-refractivity contribution is 7.20. The average Bonchev–Trinajstić information content (AvgIpc) is 3.73. The lowest BCUT2D eigenvalue weighted by Gasteiger charge is -2.42. The van der Waals surface area contributed by atoms with E-state index in [0.717, 1.165) is 42.0 Å². The van der Waals surface area contributed by atoms with Crippen LogP contribution in [0.4, 0.5) is 17.1 Å². The molecule has 0 fully saturated rings. The van der Waals surface area contributed by atoms with E-state index in [2.05, 4.69) is 194 Å². The van der Waals surface area contributed by atoms with Gasteiger partial charge in [0, 0.05) is 33.3 Å². The lowest BCUT2D eigenvalue weighted by Crippen LogP contribution is -2.40. The lowest BCUT2D eigenvalue weighted by molar-refractivity contribution is 0.228. The van der Waals surface area contributed by atoms with E-state index in [1.807, 2.05) is 23.5 Å². The minimum Gasteiger partial charge on any atom is -0.484 e. The number of aryl methyl sites for hydroxylation is 1. The Kier molecular flexibility index (Phi) is 9.94. The summed E-state index contributed by atoms with van der Waals surface area (Å²) in [6.07, 6.45) is 18.0. The molecule has 0 aliphatic heterocycles. The molecule has 3 unspecified atom stereocenters. The van der Waals surface area contributed by atoms with E-state index in [1.54, 1.807) is 0 Å². The number of ether oxygens (including phenoxy) is 1. The van der Waals surface area contributed by atoms with Crippen LogP contribution >= 0.6 is 11.3 Å². The van der Waals surface area contributed by atoms with Crippen LogP contribution in [0.5, 0.6) is 5.75 Å². The number of nitrogens with two attached hydrogens (primary N) is 1. The number of benzene rings is 7. The number of anilines is 3. The molecule has 4 heteroatoms. The zero-order valence-corrected chi connectivity index (χ0v) is 35.7. The predicted molar refractivity (Wildman–Crippen MR) is 264 cm³/mol. The van der Waals surface area contributed by atoms with E-state index in [-0.39, 0.29) is 18.1 Å². The van der Waals surface area contributed by atoms with E-state index >= 15 is 0 Å². The molecule has 0 spiro atoms. The van der Waals surface area contributed by atoms with Crippen molar-refractivity contribution in [1.82, 2.24) is 0 Å². The first-order valence-corrected chi connectivity index (χ1v) is 22.7. The average molecular weight is 821 g/mol. The van der Waals surface area contributed by atoms with E-state index in [9.17, 15) is 0 Å². The van der Waals surface area contributed by atoms with Gasteiger partial charge in [0.2, 0.25) is 0 Å². The number of nitrogen functional groups attached to an aromatic ring is 1. The Labute approximate surface area is 368 Å². The molecule has 3 atom stereocenters. The van der Waals surface area contributed by atoms with Crippen LogP contribution in [-0.2, 0) is 6.42 Å². The normalized spacial score (nSPS) is 17.2. The van der Waals surface area contributed by atoms with Crippen molar-refractivity contribution in [3.63, 3.8) is 0 Å². The van der Waals surface area contributed by atoms with Gasteiger partial charge in [-0.1, -0.05) is 164 Å². The Morgan fingerprint density at radius 2 is 1.35 bits per heavy atom. The fourth-order valence-corrected chi connectivity index (χ4v) is 11.2. The number of hydrogen-bond acceptors (Lipinski definition) is 4. The van der Waals surface area contributed by atoms with Crippen molar-refractivity contribution in [2.24, 2.45) is 5.92 Å². The highest BCUT2D eigenvalue weighted by Crippen LogP contribution is 2.48. The molecule has 0 saturated carbocycles. The Morgan fingerprint density at radius 3 is 2.11 bits per heavy atom. The molecule has 3 aliphatic rings. The molecule has 7 aromatic carbocycles. The maximum absolute atomic E-state index is 6.99. The lowest BCUT2D eigenvalue weighted by atomic mass is 9.75. The van der Waals surface area contributed by atoms with Crippen LogP contribution in [0.25, 0.3) is 54.8 Å². The quantitative estimate of drug-likeness (QED) is 0.147. The second-order valence-electron chi connectivity index (χ2n) is 16.9. The van der Waals surface area contributed by atoms with E-state index in [4.69, 9.17) is 10.5 Å². The van der Waals surface area contributed by atoms with Crippen molar-refractivity contribution in [3.05, 3.63) is 215 Å². The van der Waals surface area contributed by atoms with Gasteiger partial charge in [-0.3, -0.25) is 0 Å². The maximum Gasteiger partial charge on any atom is 0.143 e. The minimum absolute atomic E-state index is 0.164. The summed E-state index contributed by atoms with van der Waals surface area (Å²) < 4.78 is 7.97. The summed E-state index contributed by atoms with van der Waals surface area (Å²) in [4.78, 5) is 4.17. The van der Waals surface area contributed by atoms with Crippen molar-refractivity contribution in [2.45, 2.75) is 44.8 Å². The van der Waals surface area contributed by atoms with Crippen molar-refractivity contribution < 1.29 is 4.74 Å². The summed E-state index contributed by atoms with van der Waals surface area (Å²) in [5.74, 6) is 0.996. The number of rotatable bonds is 9. The van der Waals surface area contributed by atoms with Gasteiger partial charge in [0.1, 0.15) is 11.9 Å². The van der Waals surface area contributed by atoms with Gasteiger partial charge in [0.15, 0.2) is 0 Å². The molecular formula is C58H48N2OS. The van der Waals surface area contributed by atoms with E-state index in [0.29, 0.717) is 11.4 Å². The number of allylic oxidation sites excluding steroid dienone is 5. The number of fused-ring (bicyclic) bond motifs is 5. The number of thiophene rings is 1. The fourth-order valence-electron chi connectivity index (χ4n) is 9.85. The van der Waals surface area contributed by atoms with Crippen molar-refractivity contribution in [2.75, 3.05) is 10.6 Å². The SMILES string of the molecule is CC(Oc1ccc2ccc(C3=CC=C4C=CCC(N(c5ccc(-c6ccccc6)cc5)c5cccc6c7c(sc56)CCC=C7)C4C3)cc2c1N)c1ccc(-c2ccccc2)cc1. The third-order valence-electron chi connectivity index (χ3n) is 13.2. The number of hydrogen-bond donors (Lipinski definition) is 1. The van der Waals surface area contributed by atoms with Gasteiger partial charge in [0.05, 0.1) is 16.1 Å². The zero-order valence-electron chi connectivity index (χ0n) is 34.9. The van der Waals surface area contributed by atoms with Gasteiger partial charge in [-0.25, -0.2) is 0 Å². The fraction of sp³-hybridized carbons (Fsp3) is 0.138. The third-order valence-corrected chi connectivity index (χ3v) is 14.5. The summed E-state index contributed by atoms with van der Waals surface area (Å²) in [7, 11) is 0. The predicted octanol–water partition coefficient (Wildman–Crippen LogP) is 15.6. The highest BCUT2D eigenvalue weighted by atomic mass is 32.1. The van der Waals surface area contributed by atoms with Gasteiger partial charge in [-0.15, -0.1) is 11.3 Å². The Balaban J connectivity index is 0.915. The molecule has 8 aromatic rings.